The number of hydrogen-bond donors (Lipinski definition) is 4. The minimum atomic E-state index is -0.966. The van der Waals surface area contributed by atoms with Gasteiger partial charge in [0, 0.05) is 37.1 Å². The number of nitrogen functional groups attached to an aromatic ring is 1. The first-order valence-electron chi connectivity index (χ1n) is 15.0. The Hall–Kier alpha value is -5.15. The van der Waals surface area contributed by atoms with E-state index in [9.17, 15) is 14.7 Å². The molecule has 2 aromatic rings. The van der Waals surface area contributed by atoms with Crippen molar-refractivity contribution in [2.45, 2.75) is 87.5 Å². The van der Waals surface area contributed by atoms with E-state index in [0.717, 1.165) is 5.69 Å². The number of amides is 1. The van der Waals surface area contributed by atoms with Gasteiger partial charge in [0.1, 0.15) is 29.2 Å². The third kappa shape index (κ3) is 30.3. The molecular weight excluding hydrogens is 600 g/mol. The molecule has 0 atom stereocenters. The lowest BCUT2D eigenvalue weighted by molar-refractivity contribution is -0.112. The smallest absolute Gasteiger partial charge is 0.269 e. The third-order valence-corrected chi connectivity index (χ3v) is 4.26. The maximum atomic E-state index is 11.7. The predicted molar refractivity (Wildman–Crippen MR) is 193 cm³/mol. The Labute approximate surface area is 282 Å². The van der Waals surface area contributed by atoms with Gasteiger partial charge in [0.15, 0.2) is 5.57 Å². The van der Waals surface area contributed by atoms with E-state index in [2.05, 4.69) is 31.0 Å². The SMILES string of the molecule is C#CCC/C(O)=C(\C#N)C(=O)Cl.C#CCC/C(O)=C(\C#N)C(=O)Nc1ccccc1.CC.CC.CC.CCC.Nc1ccccc1. The highest BCUT2D eigenvalue weighted by Crippen LogP contribution is 2.12. The van der Waals surface area contributed by atoms with Crippen LogP contribution in [0.3, 0.4) is 0 Å². The van der Waals surface area contributed by atoms with Gasteiger partial charge in [0.2, 0.25) is 0 Å². The highest BCUT2D eigenvalue weighted by Gasteiger charge is 2.14. The van der Waals surface area contributed by atoms with Crippen LogP contribution in [0.5, 0.6) is 0 Å². The number of hydrogen-bond acceptors (Lipinski definition) is 7. The monoisotopic (exact) mass is 650 g/mol. The molecule has 2 aromatic carbocycles. The Morgan fingerprint density at radius 1 is 0.761 bits per heavy atom. The molecule has 0 aromatic heterocycles. The predicted octanol–water partition coefficient (Wildman–Crippen LogP) is 9.64. The summed E-state index contributed by atoms with van der Waals surface area (Å²) in [5.41, 5.74) is 5.99. The molecule has 0 fully saturated rings. The second-order valence-electron chi connectivity index (χ2n) is 7.49. The molecule has 0 aliphatic heterocycles. The summed E-state index contributed by atoms with van der Waals surface area (Å²) in [6.07, 6.45) is 12.0. The number of aliphatic hydroxyl groups excluding tert-OH is 2. The van der Waals surface area contributed by atoms with Gasteiger partial charge in [-0.25, -0.2) is 0 Å². The van der Waals surface area contributed by atoms with E-state index in [1.807, 2.05) is 71.9 Å². The van der Waals surface area contributed by atoms with Crippen LogP contribution in [0, 0.1) is 47.3 Å². The molecule has 5 N–H and O–H groups in total. The van der Waals surface area contributed by atoms with Crippen LogP contribution in [0.1, 0.15) is 87.5 Å². The van der Waals surface area contributed by atoms with Gasteiger partial charge in [-0.1, -0.05) is 98.2 Å². The van der Waals surface area contributed by atoms with Crippen molar-refractivity contribution in [2.24, 2.45) is 0 Å². The van der Waals surface area contributed by atoms with Crippen LogP contribution in [0.15, 0.2) is 83.3 Å². The van der Waals surface area contributed by atoms with Crippen molar-refractivity contribution in [3.8, 4) is 36.8 Å². The lowest BCUT2D eigenvalue weighted by Crippen LogP contribution is -2.15. The number of carbonyl (C=O) groups is 2. The summed E-state index contributed by atoms with van der Waals surface area (Å²) < 4.78 is 0. The van der Waals surface area contributed by atoms with Gasteiger partial charge in [0.05, 0.1) is 0 Å². The summed E-state index contributed by atoms with van der Waals surface area (Å²) >= 11 is 4.99. The largest absolute Gasteiger partial charge is 0.511 e. The van der Waals surface area contributed by atoms with Crippen molar-refractivity contribution in [2.75, 3.05) is 11.1 Å². The zero-order chi connectivity index (χ0) is 36.8. The average Bonchev–Trinajstić information content (AvgIpc) is 3.08. The molecule has 0 bridgehead atoms. The second-order valence-corrected chi connectivity index (χ2v) is 7.83. The van der Waals surface area contributed by atoms with E-state index in [1.165, 1.54) is 12.5 Å². The number of nitriles is 2. The van der Waals surface area contributed by atoms with E-state index < -0.39 is 16.7 Å². The summed E-state index contributed by atoms with van der Waals surface area (Å²) in [6.45, 7) is 16.2. The zero-order valence-corrected chi connectivity index (χ0v) is 29.3. The van der Waals surface area contributed by atoms with Crippen molar-refractivity contribution in [1.82, 2.24) is 0 Å². The number of nitrogens with one attached hydrogen (secondary N) is 1. The molecule has 9 heteroatoms. The van der Waals surface area contributed by atoms with Gasteiger partial charge < -0.3 is 21.3 Å². The Kier molecular flexibility index (Phi) is 43.7. The van der Waals surface area contributed by atoms with Crippen LogP contribution in [0.4, 0.5) is 11.4 Å². The number of halogens is 1. The van der Waals surface area contributed by atoms with Gasteiger partial charge in [0.25, 0.3) is 11.1 Å². The van der Waals surface area contributed by atoms with E-state index in [1.54, 1.807) is 36.4 Å². The number of allylic oxidation sites excluding steroid dienone is 3. The molecule has 0 spiro atoms. The molecular formula is C37H51ClN4O4. The Morgan fingerprint density at radius 3 is 1.39 bits per heavy atom. The van der Waals surface area contributed by atoms with Crippen LogP contribution in [-0.4, -0.2) is 21.4 Å². The summed E-state index contributed by atoms with van der Waals surface area (Å²) in [5.74, 6) is 3.31. The van der Waals surface area contributed by atoms with E-state index >= 15 is 0 Å². The molecule has 46 heavy (non-hydrogen) atoms. The van der Waals surface area contributed by atoms with Crippen LogP contribution in [0.25, 0.3) is 0 Å². The number of rotatable bonds is 7. The van der Waals surface area contributed by atoms with Crippen molar-refractivity contribution in [3.63, 3.8) is 0 Å². The first kappa shape index (κ1) is 50.5. The summed E-state index contributed by atoms with van der Waals surface area (Å²) in [7, 11) is 0. The van der Waals surface area contributed by atoms with E-state index in [4.69, 9.17) is 45.8 Å². The van der Waals surface area contributed by atoms with Crippen molar-refractivity contribution < 1.29 is 19.8 Å². The lowest BCUT2D eigenvalue weighted by atomic mass is 10.1. The highest BCUT2D eigenvalue weighted by atomic mass is 35.5. The number of benzene rings is 2. The molecule has 0 radical (unpaired) electrons. The number of nitrogens with two attached hydrogens (primary N) is 1. The summed E-state index contributed by atoms with van der Waals surface area (Å²) in [6, 6.07) is 21.3. The van der Waals surface area contributed by atoms with Gasteiger partial charge in [-0.3, -0.25) is 9.59 Å². The average molecular weight is 651 g/mol. The van der Waals surface area contributed by atoms with Crippen LogP contribution < -0.4 is 11.1 Å². The van der Waals surface area contributed by atoms with Gasteiger partial charge >= 0.3 is 0 Å². The summed E-state index contributed by atoms with van der Waals surface area (Å²) in [5, 5.41) is 37.4. The molecule has 0 heterocycles. The fourth-order valence-corrected chi connectivity index (χ4v) is 2.42. The van der Waals surface area contributed by atoms with Crippen LogP contribution in [0.2, 0.25) is 0 Å². The molecule has 0 aliphatic rings. The maximum absolute atomic E-state index is 11.7. The molecule has 1 amide bonds. The lowest BCUT2D eigenvalue weighted by Gasteiger charge is -2.05. The van der Waals surface area contributed by atoms with E-state index in [-0.39, 0.29) is 42.8 Å². The minimum absolute atomic E-state index is 0.0951. The van der Waals surface area contributed by atoms with Gasteiger partial charge in [-0.15, -0.1) is 24.7 Å². The maximum Gasteiger partial charge on any atom is 0.269 e. The summed E-state index contributed by atoms with van der Waals surface area (Å²) in [4.78, 5) is 22.2. The Morgan fingerprint density at radius 2 is 1.11 bits per heavy atom. The quantitative estimate of drug-likeness (QED) is 0.0579. The molecule has 2 rings (SSSR count). The Balaban J connectivity index is -0.000000172. The molecule has 0 unspecified atom stereocenters. The van der Waals surface area contributed by atoms with Gasteiger partial charge in [-0.2, -0.15) is 10.5 Å². The fourth-order valence-electron chi connectivity index (χ4n) is 2.27. The molecule has 8 nitrogen and oxygen atoms in total. The zero-order valence-electron chi connectivity index (χ0n) is 28.5. The second kappa shape index (κ2) is 39.8. The van der Waals surface area contributed by atoms with E-state index in [0.29, 0.717) is 5.69 Å². The van der Waals surface area contributed by atoms with Gasteiger partial charge in [-0.05, 0) is 35.9 Å². The highest BCUT2D eigenvalue weighted by molar-refractivity contribution is 6.68. The number of carbonyl (C=O) groups excluding carboxylic acids is 2. The Bertz CT molecular complexity index is 1280. The molecule has 0 aliphatic carbocycles. The minimum Gasteiger partial charge on any atom is -0.511 e. The van der Waals surface area contributed by atoms with Crippen LogP contribution >= 0.6 is 11.6 Å². The first-order valence-corrected chi connectivity index (χ1v) is 15.4. The number of para-hydroxylation sites is 2. The topological polar surface area (TPSA) is 160 Å². The normalized spacial score (nSPS) is 9.15. The van der Waals surface area contributed by atoms with Crippen LogP contribution in [-0.2, 0) is 9.59 Å². The fraction of sp³-hybridized carbons (Fsp3) is 0.351. The molecule has 250 valence electrons. The van der Waals surface area contributed by atoms with Crippen molar-refractivity contribution in [1.29, 1.82) is 10.5 Å². The molecule has 0 saturated heterocycles. The number of nitrogens with zero attached hydrogens (tertiary/aromatic N) is 2. The number of anilines is 2. The van der Waals surface area contributed by atoms with Crippen molar-refractivity contribution in [3.05, 3.63) is 83.3 Å². The number of aliphatic hydroxyl groups is 2. The molecule has 0 saturated carbocycles. The third-order valence-electron chi connectivity index (χ3n) is 4.07. The van der Waals surface area contributed by atoms with Crippen molar-refractivity contribution >= 4 is 34.1 Å². The standard InChI is InChI=1S/C14H12N2O2.C8H6ClNO2.C6H7N.C3H8.3C2H6/c1-2-3-9-13(17)12(10-15)14(18)16-11-7-5-4-6-8-11;1-2-3-4-7(11)6(5-10)8(9)12;7-6-4-2-1-3-5-6;1-3-2;3*1-2/h1,4-8,17H,3,9H2,(H,16,18);1,11H,3-4H2;1-5H,7H2;3H2,1-2H3;3*1-2H3/b13-12-;7-6-;;;;;. The first-order chi connectivity index (χ1) is 22.1. The number of terminal acetylenes is 2.